The summed E-state index contributed by atoms with van der Waals surface area (Å²) in [6.45, 7) is 15.8. The second-order valence-electron chi connectivity index (χ2n) is 9.76. The summed E-state index contributed by atoms with van der Waals surface area (Å²) in [5.41, 5.74) is 7.06. The predicted molar refractivity (Wildman–Crippen MR) is 163 cm³/mol. The molecule has 0 aliphatic carbocycles. The van der Waals surface area contributed by atoms with E-state index in [4.69, 9.17) is 11.6 Å². The summed E-state index contributed by atoms with van der Waals surface area (Å²) in [4.78, 5) is 7.06. The van der Waals surface area contributed by atoms with E-state index >= 15 is 0 Å². The van der Waals surface area contributed by atoms with E-state index in [0.29, 0.717) is 0 Å². The second kappa shape index (κ2) is 15.4. The minimum absolute atomic E-state index is 0.720. The first-order valence-electron chi connectivity index (χ1n) is 13.7. The van der Waals surface area contributed by atoms with Crippen LogP contribution < -0.4 is 10.6 Å². The van der Waals surface area contributed by atoms with E-state index in [2.05, 4.69) is 72.1 Å². The minimum Gasteiger partial charge on any atom is -0.385 e. The fraction of sp³-hybridized carbons (Fsp3) is 0.406. The smallest absolute Gasteiger partial charge is 0.0737 e. The van der Waals surface area contributed by atoms with Gasteiger partial charge in [-0.1, -0.05) is 61.4 Å². The number of nitrogens with one attached hydrogen (secondary N) is 2. The van der Waals surface area contributed by atoms with Crippen molar-refractivity contribution < 1.29 is 0 Å². The van der Waals surface area contributed by atoms with Gasteiger partial charge in [-0.3, -0.25) is 4.98 Å². The molecule has 0 saturated heterocycles. The summed E-state index contributed by atoms with van der Waals surface area (Å²) >= 11 is 6.12. The Hall–Kier alpha value is -2.82. The average molecular weight is 519 g/mol. The molecule has 0 bridgehead atoms. The van der Waals surface area contributed by atoms with Gasteiger partial charge in [0.2, 0.25) is 0 Å². The number of hydrogen-bond donors (Lipinski definition) is 2. The van der Waals surface area contributed by atoms with Crippen molar-refractivity contribution in [1.29, 1.82) is 0 Å². The van der Waals surface area contributed by atoms with Crippen molar-refractivity contribution in [2.45, 2.75) is 52.9 Å². The summed E-state index contributed by atoms with van der Waals surface area (Å²) in [5.74, 6) is 0. The number of aryl methyl sites for hydroxylation is 2. The zero-order valence-electron chi connectivity index (χ0n) is 22.8. The van der Waals surface area contributed by atoms with E-state index in [-0.39, 0.29) is 0 Å². The van der Waals surface area contributed by atoms with Gasteiger partial charge < -0.3 is 15.5 Å². The van der Waals surface area contributed by atoms with Crippen LogP contribution in [0.4, 0.5) is 5.69 Å². The number of rotatable bonds is 16. The van der Waals surface area contributed by atoms with Crippen LogP contribution in [0.3, 0.4) is 0 Å². The summed E-state index contributed by atoms with van der Waals surface area (Å²) in [6, 6.07) is 14.6. The molecular formula is C32H43ClN4. The van der Waals surface area contributed by atoms with E-state index < -0.39 is 0 Å². The predicted octanol–water partition coefficient (Wildman–Crippen LogP) is 8.01. The molecule has 3 rings (SSSR count). The number of pyridine rings is 1. The maximum atomic E-state index is 6.12. The van der Waals surface area contributed by atoms with Gasteiger partial charge in [0, 0.05) is 46.6 Å². The molecular weight excluding hydrogens is 476 g/mol. The zero-order chi connectivity index (χ0) is 26.5. The monoisotopic (exact) mass is 518 g/mol. The fourth-order valence-electron chi connectivity index (χ4n) is 4.68. The van der Waals surface area contributed by atoms with Gasteiger partial charge in [-0.25, -0.2) is 0 Å². The Labute approximate surface area is 228 Å². The average Bonchev–Trinajstić information content (AvgIpc) is 2.88. The van der Waals surface area contributed by atoms with Crippen molar-refractivity contribution in [3.05, 3.63) is 89.1 Å². The van der Waals surface area contributed by atoms with Crippen molar-refractivity contribution in [1.82, 2.24) is 15.2 Å². The number of benzene rings is 2. The number of unbranched alkanes of at least 4 members (excludes halogenated alkanes) is 2. The molecule has 2 N–H and O–H groups in total. The maximum Gasteiger partial charge on any atom is 0.0737 e. The molecule has 5 heteroatoms. The van der Waals surface area contributed by atoms with Crippen LogP contribution in [0, 0.1) is 13.8 Å². The minimum atomic E-state index is 0.720. The van der Waals surface area contributed by atoms with Crippen LogP contribution in [-0.2, 0) is 0 Å². The summed E-state index contributed by atoms with van der Waals surface area (Å²) in [7, 11) is 0. The molecule has 1 heterocycles. The van der Waals surface area contributed by atoms with Crippen LogP contribution in [0.1, 0.15) is 55.7 Å². The molecule has 198 valence electrons. The highest BCUT2D eigenvalue weighted by Gasteiger charge is 2.08. The van der Waals surface area contributed by atoms with Crippen molar-refractivity contribution in [2.75, 3.05) is 38.0 Å². The summed E-state index contributed by atoms with van der Waals surface area (Å²) in [6.07, 6.45) is 11.7. The first-order valence-corrected chi connectivity index (χ1v) is 14.0. The van der Waals surface area contributed by atoms with Gasteiger partial charge in [0.25, 0.3) is 0 Å². The van der Waals surface area contributed by atoms with E-state index in [9.17, 15) is 0 Å². The molecule has 4 nitrogen and oxygen atoms in total. The molecule has 0 atom stereocenters. The highest BCUT2D eigenvalue weighted by Crippen LogP contribution is 2.24. The molecule has 37 heavy (non-hydrogen) atoms. The number of halogens is 1. The molecule has 3 aromatic rings. The van der Waals surface area contributed by atoms with Crippen LogP contribution in [0.2, 0.25) is 5.02 Å². The lowest BCUT2D eigenvalue weighted by molar-refractivity contribution is 0.262. The van der Waals surface area contributed by atoms with E-state index in [1.54, 1.807) is 0 Å². The number of aromatic nitrogens is 1. The van der Waals surface area contributed by atoms with E-state index in [1.165, 1.54) is 42.5 Å². The molecule has 0 spiro atoms. The Morgan fingerprint density at radius 2 is 1.78 bits per heavy atom. The lowest BCUT2D eigenvalue weighted by Gasteiger charge is -2.23. The number of nitrogens with zero attached hydrogens (tertiary/aromatic N) is 2. The quantitative estimate of drug-likeness (QED) is 0.149. The van der Waals surface area contributed by atoms with E-state index in [1.807, 2.05) is 36.5 Å². The van der Waals surface area contributed by atoms with Crippen molar-refractivity contribution >= 4 is 33.9 Å². The molecule has 0 saturated carbocycles. The van der Waals surface area contributed by atoms with Crippen LogP contribution >= 0.6 is 11.6 Å². The van der Waals surface area contributed by atoms with Gasteiger partial charge >= 0.3 is 0 Å². The van der Waals surface area contributed by atoms with E-state index in [0.717, 1.165) is 66.3 Å². The zero-order valence-corrected chi connectivity index (χ0v) is 23.6. The summed E-state index contributed by atoms with van der Waals surface area (Å²) in [5, 5.41) is 9.10. The molecule has 0 aliphatic heterocycles. The van der Waals surface area contributed by atoms with Gasteiger partial charge in [-0.2, -0.15) is 0 Å². The molecule has 0 aliphatic rings. The summed E-state index contributed by atoms with van der Waals surface area (Å²) < 4.78 is 0. The van der Waals surface area contributed by atoms with Crippen LogP contribution in [0.25, 0.3) is 16.6 Å². The molecule has 0 unspecified atom stereocenters. The third-order valence-corrected chi connectivity index (χ3v) is 6.91. The third kappa shape index (κ3) is 9.21. The van der Waals surface area contributed by atoms with Crippen molar-refractivity contribution in [3.8, 4) is 0 Å². The first kappa shape index (κ1) is 28.7. The largest absolute Gasteiger partial charge is 0.385 e. The van der Waals surface area contributed by atoms with Gasteiger partial charge in [-0.05, 0) is 95.1 Å². The maximum absolute atomic E-state index is 6.12. The van der Waals surface area contributed by atoms with Gasteiger partial charge in [-0.15, -0.1) is 0 Å². The van der Waals surface area contributed by atoms with Crippen LogP contribution in [0.5, 0.6) is 0 Å². The normalized spacial score (nSPS) is 11.8. The number of allylic oxidation sites excluding steroid dienone is 2. The van der Waals surface area contributed by atoms with Crippen molar-refractivity contribution in [3.63, 3.8) is 0 Å². The van der Waals surface area contributed by atoms with Gasteiger partial charge in [0.05, 0.1) is 5.52 Å². The fourth-order valence-corrected chi connectivity index (χ4v) is 4.85. The Balaban J connectivity index is 1.43. The topological polar surface area (TPSA) is 40.2 Å². The highest BCUT2D eigenvalue weighted by molar-refractivity contribution is 6.31. The molecule has 0 radical (unpaired) electrons. The molecule has 1 aromatic heterocycles. The lowest BCUT2D eigenvalue weighted by atomic mass is 10.0. The lowest BCUT2D eigenvalue weighted by Crippen LogP contribution is -2.29. The Morgan fingerprint density at radius 3 is 2.57 bits per heavy atom. The van der Waals surface area contributed by atoms with Gasteiger partial charge in [0.1, 0.15) is 0 Å². The van der Waals surface area contributed by atoms with Crippen LogP contribution in [0.15, 0.2) is 67.4 Å². The number of anilines is 1. The van der Waals surface area contributed by atoms with Gasteiger partial charge in [0.15, 0.2) is 0 Å². The standard InChI is InChI=1S/C32H43ClN4/c1-5-7-20-37(22-10-18-35-30(11-6-2)28-14-12-25(3)23-26(28)4)21-9-8-17-34-31-16-19-36-32-24-27(33)13-15-29(31)32/h6,11-16,19,23-24,35H,2,5,7-10,17-18,20-22H2,1,3-4H3,(H,34,36)/b30-11+. The highest BCUT2D eigenvalue weighted by atomic mass is 35.5. The molecule has 0 amide bonds. The van der Waals surface area contributed by atoms with Crippen LogP contribution in [-0.4, -0.2) is 42.6 Å². The Morgan fingerprint density at radius 1 is 0.973 bits per heavy atom. The number of hydrogen-bond acceptors (Lipinski definition) is 4. The second-order valence-corrected chi connectivity index (χ2v) is 10.2. The SMILES string of the molecule is C=C/C=C(/NCCCN(CCCC)CCCCNc1ccnc2cc(Cl)ccc12)c1ccc(C)cc1C. The Bertz CT molecular complexity index is 1170. The molecule has 2 aromatic carbocycles. The molecule has 0 fully saturated rings. The Kier molecular flexibility index (Phi) is 12.0. The third-order valence-electron chi connectivity index (χ3n) is 6.67. The number of fused-ring (bicyclic) bond motifs is 1. The first-order chi connectivity index (χ1) is 18.0. The van der Waals surface area contributed by atoms with Crippen molar-refractivity contribution in [2.24, 2.45) is 0 Å².